The number of nitrogens with one attached hydrogen (secondary N) is 1. The first-order valence-corrected chi connectivity index (χ1v) is 9.66. The van der Waals surface area contributed by atoms with E-state index in [9.17, 15) is 4.79 Å². The van der Waals surface area contributed by atoms with E-state index in [0.717, 1.165) is 40.7 Å². The van der Waals surface area contributed by atoms with Gasteiger partial charge in [0.25, 0.3) is 0 Å². The molecule has 4 aliphatic carbocycles. The first kappa shape index (κ1) is 16.7. The summed E-state index contributed by atoms with van der Waals surface area (Å²) in [5.41, 5.74) is 1.08. The molecule has 4 saturated carbocycles. The van der Waals surface area contributed by atoms with Gasteiger partial charge in [-0.05, 0) is 79.9 Å². The molecule has 1 aromatic rings. The first-order chi connectivity index (χ1) is 12.1. The van der Waals surface area contributed by atoms with Crippen molar-refractivity contribution in [3.05, 3.63) is 23.8 Å². The molecule has 4 bridgehead atoms. The summed E-state index contributed by atoms with van der Waals surface area (Å²) >= 11 is 0. The Morgan fingerprint density at radius 3 is 2.04 bits per heavy atom. The number of hydrogen-bond acceptors (Lipinski definition) is 3. The smallest absolute Gasteiger partial charge is 0.220 e. The monoisotopic (exact) mass is 343 g/mol. The zero-order valence-electron chi connectivity index (χ0n) is 15.3. The molecule has 1 amide bonds. The van der Waals surface area contributed by atoms with E-state index in [1.807, 2.05) is 18.2 Å². The van der Waals surface area contributed by atoms with Gasteiger partial charge in [0.1, 0.15) is 11.5 Å². The SMILES string of the molecule is COc1cc(CCC(=O)NC2C3CC4CC(C3)CC2C4)cc(OC)c1. The number of benzene rings is 1. The van der Waals surface area contributed by atoms with Gasteiger partial charge in [-0.1, -0.05) is 0 Å². The molecule has 0 saturated heterocycles. The molecule has 4 heteroatoms. The van der Waals surface area contributed by atoms with Crippen molar-refractivity contribution in [2.45, 2.75) is 51.0 Å². The van der Waals surface area contributed by atoms with E-state index in [-0.39, 0.29) is 5.91 Å². The highest BCUT2D eigenvalue weighted by Gasteiger charge is 2.48. The zero-order valence-corrected chi connectivity index (χ0v) is 15.3. The lowest BCUT2D eigenvalue weighted by Gasteiger charge is -2.54. The molecule has 0 radical (unpaired) electrons. The molecule has 0 aromatic heterocycles. The predicted molar refractivity (Wildman–Crippen MR) is 96.8 cm³/mol. The van der Waals surface area contributed by atoms with Crippen molar-refractivity contribution in [3.63, 3.8) is 0 Å². The van der Waals surface area contributed by atoms with E-state index in [2.05, 4.69) is 5.32 Å². The highest BCUT2D eigenvalue weighted by molar-refractivity contribution is 5.76. The minimum absolute atomic E-state index is 0.194. The predicted octanol–water partition coefficient (Wildman–Crippen LogP) is 3.58. The van der Waals surface area contributed by atoms with Crippen molar-refractivity contribution in [2.75, 3.05) is 14.2 Å². The third kappa shape index (κ3) is 3.49. The Bertz CT molecular complexity index is 592. The van der Waals surface area contributed by atoms with Crippen LogP contribution < -0.4 is 14.8 Å². The van der Waals surface area contributed by atoms with Gasteiger partial charge in [-0.3, -0.25) is 4.79 Å². The van der Waals surface area contributed by atoms with Gasteiger partial charge in [-0.2, -0.15) is 0 Å². The number of carbonyl (C=O) groups is 1. The van der Waals surface area contributed by atoms with Crippen molar-refractivity contribution < 1.29 is 14.3 Å². The summed E-state index contributed by atoms with van der Waals surface area (Å²) < 4.78 is 10.6. The van der Waals surface area contributed by atoms with Crippen molar-refractivity contribution in [1.29, 1.82) is 0 Å². The van der Waals surface area contributed by atoms with Gasteiger partial charge in [0.15, 0.2) is 0 Å². The number of methoxy groups -OCH3 is 2. The summed E-state index contributed by atoms with van der Waals surface area (Å²) in [6, 6.07) is 6.26. The quantitative estimate of drug-likeness (QED) is 0.859. The van der Waals surface area contributed by atoms with Gasteiger partial charge in [0.2, 0.25) is 5.91 Å². The summed E-state index contributed by atoms with van der Waals surface area (Å²) in [6.45, 7) is 0. The minimum atomic E-state index is 0.194. The largest absolute Gasteiger partial charge is 0.497 e. The summed E-state index contributed by atoms with van der Waals surface area (Å²) in [5.74, 6) is 5.10. The van der Waals surface area contributed by atoms with Crippen molar-refractivity contribution in [1.82, 2.24) is 5.32 Å². The number of amides is 1. The highest BCUT2D eigenvalue weighted by Crippen LogP contribution is 2.53. The molecule has 0 unspecified atom stereocenters. The number of ether oxygens (including phenoxy) is 2. The number of rotatable bonds is 6. The summed E-state index contributed by atoms with van der Waals surface area (Å²) in [4.78, 5) is 12.5. The lowest BCUT2D eigenvalue weighted by molar-refractivity contribution is -0.125. The molecule has 4 aliphatic rings. The molecule has 0 spiro atoms. The maximum absolute atomic E-state index is 12.5. The van der Waals surface area contributed by atoms with Crippen LogP contribution in [0.2, 0.25) is 0 Å². The van der Waals surface area contributed by atoms with Crippen LogP contribution in [0.3, 0.4) is 0 Å². The van der Waals surface area contributed by atoms with Crippen LogP contribution in [0.5, 0.6) is 11.5 Å². The summed E-state index contributed by atoms with van der Waals surface area (Å²) in [7, 11) is 3.30. The van der Waals surface area contributed by atoms with E-state index in [0.29, 0.717) is 18.9 Å². The van der Waals surface area contributed by atoms with Crippen LogP contribution in [-0.4, -0.2) is 26.2 Å². The van der Waals surface area contributed by atoms with E-state index in [4.69, 9.17) is 9.47 Å². The molecular formula is C21H29NO3. The van der Waals surface area contributed by atoms with Gasteiger partial charge in [0.05, 0.1) is 14.2 Å². The Kier molecular flexibility index (Phi) is 4.61. The molecule has 1 aromatic carbocycles. The van der Waals surface area contributed by atoms with Crippen LogP contribution >= 0.6 is 0 Å². The van der Waals surface area contributed by atoms with Crippen LogP contribution in [-0.2, 0) is 11.2 Å². The average molecular weight is 343 g/mol. The normalized spacial score (nSPS) is 32.5. The first-order valence-electron chi connectivity index (χ1n) is 9.66. The Hall–Kier alpha value is -1.71. The molecule has 25 heavy (non-hydrogen) atoms. The third-order valence-corrected chi connectivity index (χ3v) is 6.61. The van der Waals surface area contributed by atoms with Crippen LogP contribution in [0.25, 0.3) is 0 Å². The number of hydrogen-bond donors (Lipinski definition) is 1. The molecule has 0 aliphatic heterocycles. The Labute approximate surface area is 150 Å². The molecular weight excluding hydrogens is 314 g/mol. The maximum Gasteiger partial charge on any atom is 0.220 e. The zero-order chi connectivity index (χ0) is 17.4. The van der Waals surface area contributed by atoms with Crippen molar-refractivity contribution in [3.8, 4) is 11.5 Å². The van der Waals surface area contributed by atoms with E-state index < -0.39 is 0 Å². The van der Waals surface area contributed by atoms with Gasteiger partial charge < -0.3 is 14.8 Å². The topological polar surface area (TPSA) is 47.6 Å². The van der Waals surface area contributed by atoms with Gasteiger partial charge in [-0.15, -0.1) is 0 Å². The Morgan fingerprint density at radius 1 is 0.960 bits per heavy atom. The van der Waals surface area contributed by atoms with Crippen LogP contribution in [0.15, 0.2) is 18.2 Å². The molecule has 0 heterocycles. The fourth-order valence-electron chi connectivity index (χ4n) is 5.69. The standard InChI is InChI=1S/C21H29NO3/c1-24-18-10-13(11-19(12-18)25-2)3-4-20(23)22-21-16-6-14-5-15(8-16)9-17(21)7-14/h10-12,14-17,21H,3-9H2,1-2H3,(H,22,23). The average Bonchev–Trinajstić information content (AvgIpc) is 2.62. The second-order valence-corrected chi connectivity index (χ2v) is 8.24. The lowest BCUT2D eigenvalue weighted by atomic mass is 9.54. The van der Waals surface area contributed by atoms with Crippen molar-refractivity contribution in [2.24, 2.45) is 23.7 Å². The van der Waals surface area contributed by atoms with Crippen LogP contribution in [0, 0.1) is 23.7 Å². The third-order valence-electron chi connectivity index (χ3n) is 6.61. The second-order valence-electron chi connectivity index (χ2n) is 8.24. The summed E-state index contributed by atoms with van der Waals surface area (Å²) in [6.07, 6.45) is 8.04. The Morgan fingerprint density at radius 2 is 1.52 bits per heavy atom. The maximum atomic E-state index is 12.5. The van der Waals surface area contributed by atoms with Gasteiger partial charge >= 0.3 is 0 Å². The van der Waals surface area contributed by atoms with E-state index in [1.54, 1.807) is 14.2 Å². The molecule has 136 valence electrons. The number of carbonyl (C=O) groups excluding carboxylic acids is 1. The van der Waals surface area contributed by atoms with Crippen LogP contribution in [0.1, 0.15) is 44.1 Å². The molecule has 4 nitrogen and oxygen atoms in total. The summed E-state index contributed by atoms with van der Waals surface area (Å²) in [5, 5.41) is 3.39. The lowest BCUT2D eigenvalue weighted by Crippen LogP contribution is -2.55. The molecule has 0 atom stereocenters. The fourth-order valence-corrected chi connectivity index (χ4v) is 5.69. The van der Waals surface area contributed by atoms with Gasteiger partial charge in [0, 0.05) is 18.5 Å². The minimum Gasteiger partial charge on any atom is -0.497 e. The van der Waals surface area contributed by atoms with E-state index in [1.165, 1.54) is 32.1 Å². The molecule has 4 fully saturated rings. The highest BCUT2D eigenvalue weighted by atomic mass is 16.5. The number of aryl methyl sites for hydroxylation is 1. The van der Waals surface area contributed by atoms with Gasteiger partial charge in [-0.25, -0.2) is 0 Å². The fraction of sp³-hybridized carbons (Fsp3) is 0.667. The molecule has 1 N–H and O–H groups in total. The van der Waals surface area contributed by atoms with Crippen molar-refractivity contribution >= 4 is 5.91 Å². The van der Waals surface area contributed by atoms with Crippen LogP contribution in [0.4, 0.5) is 0 Å². The Balaban J connectivity index is 1.34. The second kappa shape index (κ2) is 6.89. The molecule has 5 rings (SSSR count). The van der Waals surface area contributed by atoms with E-state index >= 15 is 0 Å².